The van der Waals surface area contributed by atoms with E-state index >= 15 is 0 Å². The van der Waals surface area contributed by atoms with Gasteiger partial charge in [-0.05, 0) is 0 Å². The maximum atomic E-state index is 14.2. The Labute approximate surface area is 369 Å². The van der Waals surface area contributed by atoms with Crippen LogP contribution in [-0.4, -0.2) is 6.88 Å². The Balaban J connectivity index is 0.00000422. The van der Waals surface area contributed by atoms with Gasteiger partial charge in [-0.25, -0.2) is 0 Å². The summed E-state index contributed by atoms with van der Waals surface area (Å²) < 4.78 is 174. The zero-order chi connectivity index (χ0) is 45.3. The first-order valence-corrected chi connectivity index (χ1v) is 33.0. The maximum Gasteiger partial charge on any atom is -0.147 e. The molecule has 2 aliphatic rings. The number of hydrogen-bond acceptors (Lipinski definition) is 0. The van der Waals surface area contributed by atoms with E-state index in [2.05, 4.69) is 9.26 Å². The standard InChI is InChI=1S/2C22H19F6.2CH3.2ClH.H2Si.Zr/c2*1-12-18(20(2,3)4)10-13-6-5-7-17(19(12)13)14-8-15(21(23,24)25)11-16(9-14)22(26,27)28;;;;;;/h2*5-11H,1-4H3;2*1H3;2*1H;1H2;. The van der Waals surface area contributed by atoms with E-state index < -0.39 is 75.2 Å². The number of hydrogen-bond donors (Lipinski definition) is 0. The van der Waals surface area contributed by atoms with Gasteiger partial charge in [0.25, 0.3) is 0 Å². The van der Waals surface area contributed by atoms with E-state index in [-0.39, 0.29) is 66.5 Å². The number of alkyl halides is 12. The third kappa shape index (κ3) is 9.06. The molecule has 0 spiro atoms. The van der Waals surface area contributed by atoms with Gasteiger partial charge in [-0.2, -0.15) is 0 Å². The maximum absolute atomic E-state index is 14.2. The predicted octanol–water partition coefficient (Wildman–Crippen LogP) is 16.7. The van der Waals surface area contributed by atoms with Crippen molar-refractivity contribution < 1.29 is 70.1 Å². The van der Waals surface area contributed by atoms with Crippen molar-refractivity contribution in [1.29, 1.82) is 0 Å². The van der Waals surface area contributed by atoms with Crippen LogP contribution in [0.2, 0.25) is 9.26 Å². The topological polar surface area (TPSA) is 0 Å². The van der Waals surface area contributed by atoms with Gasteiger partial charge in [0.05, 0.1) is 0 Å². The van der Waals surface area contributed by atoms with Crippen LogP contribution in [0.25, 0.3) is 33.4 Å². The number of fused-ring (bicyclic) bond motifs is 2. The minimum Gasteiger partial charge on any atom is -0.147 e. The summed E-state index contributed by atoms with van der Waals surface area (Å²) in [5, 5.41) is 0. The SMILES string of the molecule is CC1=C(C(C)(C)C)[CH]([Zr]([CH3])([CH3])(=[SiH2])[CH]2C(C(C)(C)C)=C(C)c3c(-c4cc(C(F)(F)F)cc(C(F)(F)F)c4)cccc32)c2cccc(-c3cc(C(F)(F)F)cc(C(F)(F)F)c3)c21.Cl.Cl. The molecule has 2 aliphatic carbocycles. The van der Waals surface area contributed by atoms with Crippen molar-refractivity contribution >= 4 is 42.8 Å². The number of rotatable bonds is 4. The van der Waals surface area contributed by atoms with Gasteiger partial charge < -0.3 is 0 Å². The van der Waals surface area contributed by atoms with Crippen molar-refractivity contribution in [2.75, 3.05) is 0 Å². The predicted molar refractivity (Wildman–Crippen MR) is 228 cm³/mol. The zero-order valence-electron chi connectivity index (χ0n) is 35.6. The summed E-state index contributed by atoms with van der Waals surface area (Å²) in [5.74, 6) is 0. The second-order valence-electron chi connectivity index (χ2n) is 19.5. The van der Waals surface area contributed by atoms with Crippen molar-refractivity contribution in [2.24, 2.45) is 10.8 Å². The van der Waals surface area contributed by atoms with Crippen molar-refractivity contribution in [3.05, 3.63) is 128 Å². The van der Waals surface area contributed by atoms with E-state index in [9.17, 15) is 52.7 Å². The fourth-order valence-corrected chi connectivity index (χ4v) is 30.2. The van der Waals surface area contributed by atoms with Gasteiger partial charge in [0.2, 0.25) is 0 Å². The summed E-state index contributed by atoms with van der Waals surface area (Å²) in [6.07, 6.45) is -20.2. The Morgan fingerprint density at radius 3 is 0.935 bits per heavy atom. The molecule has 16 heteroatoms. The molecule has 0 nitrogen and oxygen atoms in total. The molecule has 0 radical (unpaired) electrons. The molecule has 0 aromatic heterocycles. The summed E-state index contributed by atoms with van der Waals surface area (Å²) in [7, 11) is 0. The third-order valence-corrected chi connectivity index (χ3v) is 29.4. The zero-order valence-corrected chi connectivity index (χ0v) is 41.1. The molecule has 0 aliphatic heterocycles. The van der Waals surface area contributed by atoms with Gasteiger partial charge in [-0.15, -0.1) is 24.8 Å². The normalized spacial score (nSPS) is 17.8. The Hall–Kier alpha value is -2.80. The minimum atomic E-state index is -5.06. The van der Waals surface area contributed by atoms with E-state index in [0.29, 0.717) is 11.1 Å². The Morgan fingerprint density at radius 2 is 0.710 bits per heavy atom. The molecular formula is C46H48Cl2F12SiZr. The van der Waals surface area contributed by atoms with Crippen LogP contribution in [0.1, 0.15) is 107 Å². The Morgan fingerprint density at radius 1 is 0.452 bits per heavy atom. The molecule has 0 fully saturated rings. The van der Waals surface area contributed by atoms with E-state index in [1.54, 1.807) is 24.3 Å². The van der Waals surface area contributed by atoms with E-state index in [1.165, 1.54) is 0 Å². The number of allylic oxidation sites excluding steroid dienone is 4. The summed E-state index contributed by atoms with van der Waals surface area (Å²) in [5.41, 5.74) is -0.728. The fourth-order valence-electron chi connectivity index (χ4n) is 10.3. The monoisotopic (exact) mass is 1020 g/mol. The van der Waals surface area contributed by atoms with Crippen molar-refractivity contribution in [2.45, 2.75) is 96.6 Å². The Bertz CT molecular complexity index is 2340. The first-order valence-electron chi connectivity index (χ1n) is 19.3. The number of benzene rings is 4. The Kier molecular flexibility index (Phi) is 13.3. The van der Waals surface area contributed by atoms with Crippen LogP contribution >= 0.6 is 24.8 Å². The molecule has 4 aromatic carbocycles. The van der Waals surface area contributed by atoms with E-state index in [1.807, 2.05) is 74.4 Å². The molecule has 0 heterocycles. The fraction of sp³-hybridized carbons (Fsp3) is 0.391. The quantitative estimate of drug-likeness (QED) is 0.141. The van der Waals surface area contributed by atoms with Crippen LogP contribution in [0.15, 0.2) is 83.9 Å². The summed E-state index contributed by atoms with van der Waals surface area (Å²) >= 11 is -4.83. The summed E-state index contributed by atoms with van der Waals surface area (Å²) in [6.45, 7) is 17.7. The average Bonchev–Trinajstić information content (AvgIpc) is 3.59. The van der Waals surface area contributed by atoms with Crippen LogP contribution in [0.5, 0.6) is 0 Å². The van der Waals surface area contributed by atoms with Crippen molar-refractivity contribution in [3.8, 4) is 22.3 Å². The van der Waals surface area contributed by atoms with Gasteiger partial charge in [0.15, 0.2) is 0 Å². The van der Waals surface area contributed by atoms with Crippen molar-refractivity contribution in [1.82, 2.24) is 0 Å². The molecular weight excluding hydrogens is 971 g/mol. The molecule has 0 saturated heterocycles. The first kappa shape index (κ1) is 51.8. The van der Waals surface area contributed by atoms with E-state index in [0.717, 1.165) is 57.7 Å². The molecule has 0 bridgehead atoms. The van der Waals surface area contributed by atoms with Crippen LogP contribution in [0, 0.1) is 10.8 Å². The molecule has 0 amide bonds. The molecule has 6 rings (SSSR count). The molecule has 4 aromatic rings. The van der Waals surface area contributed by atoms with Gasteiger partial charge in [-0.3, -0.25) is 0 Å². The second-order valence-corrected chi connectivity index (χ2v) is 50.0. The molecule has 2 atom stereocenters. The molecule has 0 N–H and O–H groups in total. The largest absolute Gasteiger partial charge is 0.147 e. The molecule has 62 heavy (non-hydrogen) atoms. The molecule has 2 unspecified atom stereocenters. The summed E-state index contributed by atoms with van der Waals surface area (Å²) in [6, 6.07) is 13.4. The van der Waals surface area contributed by atoms with Gasteiger partial charge in [0.1, 0.15) is 0 Å². The van der Waals surface area contributed by atoms with Crippen LogP contribution in [-0.2, 0) is 42.1 Å². The first-order chi connectivity index (χ1) is 26.9. The summed E-state index contributed by atoms with van der Waals surface area (Å²) in [4.78, 5) is 0. The minimum absolute atomic E-state index is 0. The average molecular weight is 1020 g/mol. The molecule has 0 saturated carbocycles. The van der Waals surface area contributed by atoms with Crippen LogP contribution in [0.3, 0.4) is 0 Å². The molecule has 338 valence electrons. The van der Waals surface area contributed by atoms with Crippen LogP contribution in [0.4, 0.5) is 52.7 Å². The second kappa shape index (κ2) is 16.0. The van der Waals surface area contributed by atoms with Gasteiger partial charge in [0, 0.05) is 0 Å². The third-order valence-electron chi connectivity index (χ3n) is 12.3. The smallest absolute Gasteiger partial charge is 0.147 e. The van der Waals surface area contributed by atoms with Gasteiger partial charge in [-0.1, -0.05) is 0 Å². The van der Waals surface area contributed by atoms with Crippen molar-refractivity contribution in [3.63, 3.8) is 0 Å². The van der Waals surface area contributed by atoms with Crippen LogP contribution < -0.4 is 0 Å². The van der Waals surface area contributed by atoms with Gasteiger partial charge >= 0.3 is 346 Å². The van der Waals surface area contributed by atoms with E-state index in [4.69, 9.17) is 0 Å². The number of halogens is 14.